The molecule has 2 heteroatoms. The third-order valence-corrected chi connectivity index (χ3v) is 0.843. The molecule has 0 unspecified atom stereocenters. The Bertz CT molecular complexity index is 139. The largest absolute Gasteiger partial charge is 0.412 e. The molecule has 0 aliphatic rings. The third kappa shape index (κ3) is 4.64. The molecule has 1 rings (SSSR count). The Morgan fingerprint density at radius 2 is 1.44 bits per heavy atom. The number of hydrogen-bond acceptors (Lipinski definition) is 0. The molecule has 0 aromatic heterocycles. The van der Waals surface area contributed by atoms with Crippen LogP contribution in [-0.2, 0) is 32.7 Å². The summed E-state index contributed by atoms with van der Waals surface area (Å²) in [5.74, 6) is 0. The van der Waals surface area contributed by atoms with Crippen LogP contribution in [0.4, 0.5) is 0 Å². The van der Waals surface area contributed by atoms with Gasteiger partial charge in [0, 0.05) is 32.7 Å². The standard InChI is InChI=1S/C7H7.H2O.Y/c1-7-5-3-2-4-6-7;;/h2-6H,1H2;1H2;/q-1;;. The van der Waals surface area contributed by atoms with Gasteiger partial charge in [-0.1, -0.05) is 6.07 Å². The predicted octanol–water partition coefficient (Wildman–Crippen LogP) is 1.04. The summed E-state index contributed by atoms with van der Waals surface area (Å²) in [5, 5.41) is 0. The molecule has 0 saturated heterocycles. The van der Waals surface area contributed by atoms with Gasteiger partial charge in [-0.3, -0.25) is 0 Å². The summed E-state index contributed by atoms with van der Waals surface area (Å²) in [6.45, 7) is 3.72. The topological polar surface area (TPSA) is 31.5 Å². The van der Waals surface area contributed by atoms with Crippen LogP contribution in [0.25, 0.3) is 0 Å². The minimum absolute atomic E-state index is 0. The van der Waals surface area contributed by atoms with Crippen LogP contribution >= 0.6 is 0 Å². The number of rotatable bonds is 0. The van der Waals surface area contributed by atoms with Crippen LogP contribution in [0.5, 0.6) is 0 Å². The summed E-state index contributed by atoms with van der Waals surface area (Å²) in [6.07, 6.45) is 0. The normalized spacial score (nSPS) is 6.67. The maximum absolute atomic E-state index is 3.72. The van der Waals surface area contributed by atoms with E-state index in [1.54, 1.807) is 0 Å². The summed E-state index contributed by atoms with van der Waals surface area (Å²) in [6, 6.07) is 9.87. The second-order valence-electron chi connectivity index (χ2n) is 1.49. The summed E-state index contributed by atoms with van der Waals surface area (Å²) >= 11 is 0. The first-order chi connectivity index (χ1) is 3.39. The van der Waals surface area contributed by atoms with Crippen molar-refractivity contribution in [3.63, 3.8) is 0 Å². The van der Waals surface area contributed by atoms with Crippen molar-refractivity contribution in [3.05, 3.63) is 42.8 Å². The van der Waals surface area contributed by atoms with Crippen molar-refractivity contribution in [2.75, 3.05) is 0 Å². The van der Waals surface area contributed by atoms with E-state index in [0.717, 1.165) is 5.56 Å². The molecule has 1 nitrogen and oxygen atoms in total. The van der Waals surface area contributed by atoms with Gasteiger partial charge < -0.3 is 5.48 Å². The van der Waals surface area contributed by atoms with Crippen molar-refractivity contribution in [1.29, 1.82) is 0 Å². The van der Waals surface area contributed by atoms with Gasteiger partial charge >= 0.3 is 0 Å². The molecule has 9 heavy (non-hydrogen) atoms. The molecule has 0 aliphatic heterocycles. The van der Waals surface area contributed by atoms with E-state index in [4.69, 9.17) is 0 Å². The van der Waals surface area contributed by atoms with Crippen molar-refractivity contribution in [1.82, 2.24) is 0 Å². The van der Waals surface area contributed by atoms with E-state index in [9.17, 15) is 0 Å². The van der Waals surface area contributed by atoms with Crippen LogP contribution in [0.3, 0.4) is 0 Å². The Morgan fingerprint density at radius 3 is 1.67 bits per heavy atom. The molecule has 1 radical (unpaired) electrons. The summed E-state index contributed by atoms with van der Waals surface area (Å²) < 4.78 is 0. The SMILES string of the molecule is O.[CH2-]c1ccccc1.[Y]. The van der Waals surface area contributed by atoms with Crippen LogP contribution in [0.15, 0.2) is 30.3 Å². The molecule has 0 fully saturated rings. The van der Waals surface area contributed by atoms with E-state index in [0.29, 0.717) is 0 Å². The zero-order valence-corrected chi connectivity index (χ0v) is 8.01. The van der Waals surface area contributed by atoms with E-state index in [2.05, 4.69) is 6.92 Å². The summed E-state index contributed by atoms with van der Waals surface area (Å²) in [5.41, 5.74) is 1.07. The Morgan fingerprint density at radius 1 is 1.00 bits per heavy atom. The van der Waals surface area contributed by atoms with Gasteiger partial charge in [-0.05, 0) is 0 Å². The smallest absolute Gasteiger partial charge is 0 e. The van der Waals surface area contributed by atoms with E-state index in [-0.39, 0.29) is 38.2 Å². The van der Waals surface area contributed by atoms with Gasteiger partial charge in [-0.2, -0.15) is 24.6 Å². The monoisotopic (exact) mass is 198 g/mol. The van der Waals surface area contributed by atoms with Crippen LogP contribution in [0.2, 0.25) is 0 Å². The Labute approximate surface area is 80.7 Å². The fourth-order valence-corrected chi connectivity index (χ4v) is 0.478. The third-order valence-electron chi connectivity index (χ3n) is 0.843. The second-order valence-corrected chi connectivity index (χ2v) is 1.49. The van der Waals surface area contributed by atoms with Gasteiger partial charge in [0.25, 0.3) is 0 Å². The van der Waals surface area contributed by atoms with Gasteiger partial charge in [-0.25, -0.2) is 0 Å². The maximum atomic E-state index is 3.72. The fourth-order valence-electron chi connectivity index (χ4n) is 0.478. The van der Waals surface area contributed by atoms with Crippen LogP contribution in [-0.4, -0.2) is 5.48 Å². The minimum Gasteiger partial charge on any atom is -0.412 e. The zero-order valence-electron chi connectivity index (χ0n) is 5.17. The maximum Gasteiger partial charge on any atom is 0 e. The molecule has 47 valence electrons. The van der Waals surface area contributed by atoms with Gasteiger partial charge in [0.05, 0.1) is 0 Å². The van der Waals surface area contributed by atoms with Gasteiger partial charge in [-0.15, -0.1) is 12.1 Å². The van der Waals surface area contributed by atoms with E-state index in [1.165, 1.54) is 0 Å². The Hall–Kier alpha value is 0.154. The number of hydrogen-bond donors (Lipinski definition) is 0. The zero-order chi connectivity index (χ0) is 5.11. The summed E-state index contributed by atoms with van der Waals surface area (Å²) in [7, 11) is 0. The van der Waals surface area contributed by atoms with Gasteiger partial charge in [0.2, 0.25) is 0 Å². The first-order valence-electron chi connectivity index (χ1n) is 2.26. The molecule has 0 atom stereocenters. The Balaban J connectivity index is 0. The average molecular weight is 198 g/mol. The molecule has 0 amide bonds. The van der Waals surface area contributed by atoms with Crippen molar-refractivity contribution >= 4 is 0 Å². The second kappa shape index (κ2) is 6.28. The minimum atomic E-state index is 0. The number of benzene rings is 1. The van der Waals surface area contributed by atoms with Crippen molar-refractivity contribution in [3.8, 4) is 0 Å². The fraction of sp³-hybridized carbons (Fsp3) is 0. The molecule has 0 heterocycles. The summed E-state index contributed by atoms with van der Waals surface area (Å²) in [4.78, 5) is 0. The van der Waals surface area contributed by atoms with Crippen LogP contribution < -0.4 is 0 Å². The van der Waals surface area contributed by atoms with E-state index < -0.39 is 0 Å². The average Bonchev–Trinajstić information content (AvgIpc) is 1.69. The van der Waals surface area contributed by atoms with Gasteiger partial charge in [0.15, 0.2) is 0 Å². The molecule has 0 aliphatic carbocycles. The molecular weight excluding hydrogens is 189 g/mol. The molecule has 0 spiro atoms. The molecule has 0 bridgehead atoms. The molecule has 1 aromatic rings. The predicted molar refractivity (Wildman–Crippen MR) is 34.5 cm³/mol. The van der Waals surface area contributed by atoms with Gasteiger partial charge in [0.1, 0.15) is 0 Å². The molecular formula is C7H9OY-. The molecule has 0 saturated carbocycles. The molecule has 2 N–H and O–H groups in total. The molecule has 1 aromatic carbocycles. The van der Waals surface area contributed by atoms with E-state index >= 15 is 0 Å². The first kappa shape index (κ1) is 11.9. The first-order valence-corrected chi connectivity index (χ1v) is 2.26. The van der Waals surface area contributed by atoms with Crippen molar-refractivity contribution in [2.24, 2.45) is 0 Å². The van der Waals surface area contributed by atoms with Crippen LogP contribution in [0, 0.1) is 6.92 Å². The van der Waals surface area contributed by atoms with Crippen LogP contribution in [0.1, 0.15) is 5.56 Å². The van der Waals surface area contributed by atoms with Crippen molar-refractivity contribution < 1.29 is 38.2 Å². The quantitative estimate of drug-likeness (QED) is 0.558. The van der Waals surface area contributed by atoms with E-state index in [1.807, 2.05) is 30.3 Å². The Kier molecular flexibility index (Phi) is 8.29. The van der Waals surface area contributed by atoms with Crippen molar-refractivity contribution in [2.45, 2.75) is 0 Å².